The Bertz CT molecular complexity index is 1110. The van der Waals surface area contributed by atoms with Gasteiger partial charge in [-0.15, -0.1) is 0 Å². The number of methoxy groups -OCH3 is 2. The molecule has 4 rings (SSSR count). The van der Waals surface area contributed by atoms with Gasteiger partial charge in [0.05, 0.1) is 37.3 Å². The van der Waals surface area contributed by atoms with E-state index >= 15 is 4.39 Å². The molecule has 1 aromatic carbocycles. The smallest absolute Gasteiger partial charge is 0.263 e. The first kappa shape index (κ1) is 24.9. The highest BCUT2D eigenvalue weighted by atomic mass is 19.1. The maximum absolute atomic E-state index is 15.0. The molecule has 3 N–H and O–H groups in total. The van der Waals surface area contributed by atoms with Crippen LogP contribution in [-0.2, 0) is 4.74 Å². The Hall–Kier alpha value is -3.24. The van der Waals surface area contributed by atoms with Crippen molar-refractivity contribution < 1.29 is 27.8 Å². The zero-order valence-electron chi connectivity index (χ0n) is 20.0. The van der Waals surface area contributed by atoms with Crippen molar-refractivity contribution in [3.05, 3.63) is 48.3 Å². The topological polar surface area (TPSA) is 125 Å². The summed E-state index contributed by atoms with van der Waals surface area (Å²) in [6, 6.07) is 2.86. The number of nitrogens with zero attached hydrogens (tertiary/aromatic N) is 2. The predicted molar refractivity (Wildman–Crippen MR) is 126 cm³/mol. The van der Waals surface area contributed by atoms with Crippen LogP contribution in [0.25, 0.3) is 11.3 Å². The van der Waals surface area contributed by atoms with Crippen LogP contribution in [0.4, 0.5) is 4.39 Å². The first-order valence-electron chi connectivity index (χ1n) is 11.8. The van der Waals surface area contributed by atoms with Crippen molar-refractivity contribution in [1.29, 1.82) is 0 Å². The Labute approximate surface area is 203 Å². The number of aromatic amines is 1. The fourth-order valence-electron chi connectivity index (χ4n) is 4.08. The number of hydrogen-bond donors (Lipinski definition) is 2. The van der Waals surface area contributed by atoms with E-state index in [0.717, 1.165) is 32.1 Å². The van der Waals surface area contributed by atoms with Gasteiger partial charge in [-0.3, -0.25) is 4.79 Å². The number of nitrogens with one attached hydrogen (secondary N) is 1. The van der Waals surface area contributed by atoms with Crippen LogP contribution in [0.1, 0.15) is 67.5 Å². The number of Topliss-reactive ketones (excluding diaryl/α,β-unsaturated/α-hetero) is 1. The summed E-state index contributed by atoms with van der Waals surface area (Å²) in [5.41, 5.74) is 7.11. The Balaban J connectivity index is 1.32. The van der Waals surface area contributed by atoms with Gasteiger partial charge in [-0.05, 0) is 18.9 Å². The number of imidazole rings is 1. The van der Waals surface area contributed by atoms with Crippen molar-refractivity contribution in [2.45, 2.75) is 63.2 Å². The van der Waals surface area contributed by atoms with Crippen molar-refractivity contribution in [1.82, 2.24) is 15.0 Å². The van der Waals surface area contributed by atoms with Gasteiger partial charge in [0.25, 0.3) is 5.89 Å². The van der Waals surface area contributed by atoms with Crippen LogP contribution in [-0.4, -0.2) is 47.2 Å². The number of ketones is 1. The summed E-state index contributed by atoms with van der Waals surface area (Å²) in [5.74, 6) is 0.743. The predicted octanol–water partition coefficient (Wildman–Crippen LogP) is 4.60. The van der Waals surface area contributed by atoms with Crippen molar-refractivity contribution in [3.63, 3.8) is 0 Å². The van der Waals surface area contributed by atoms with Gasteiger partial charge in [-0.25, -0.2) is 14.4 Å². The number of rotatable bonds is 13. The first-order valence-corrected chi connectivity index (χ1v) is 11.8. The van der Waals surface area contributed by atoms with Crippen molar-refractivity contribution in [2.75, 3.05) is 14.2 Å². The van der Waals surface area contributed by atoms with E-state index in [1.807, 2.05) is 0 Å². The van der Waals surface area contributed by atoms with E-state index in [0.29, 0.717) is 35.7 Å². The van der Waals surface area contributed by atoms with Gasteiger partial charge in [0.1, 0.15) is 23.9 Å². The number of halogens is 1. The van der Waals surface area contributed by atoms with Gasteiger partial charge in [-0.2, -0.15) is 0 Å². The number of benzene rings is 1. The molecule has 35 heavy (non-hydrogen) atoms. The molecular formula is C25H31FN4O5. The van der Waals surface area contributed by atoms with Crippen LogP contribution < -0.4 is 15.2 Å². The van der Waals surface area contributed by atoms with Gasteiger partial charge in [0.15, 0.2) is 11.6 Å². The third-order valence-electron chi connectivity index (χ3n) is 6.25. The van der Waals surface area contributed by atoms with E-state index in [1.54, 1.807) is 25.4 Å². The lowest BCUT2D eigenvalue weighted by atomic mass is 9.92. The number of hydrogen-bond acceptors (Lipinski definition) is 8. The van der Waals surface area contributed by atoms with E-state index in [1.165, 1.54) is 19.6 Å². The van der Waals surface area contributed by atoms with E-state index < -0.39 is 5.82 Å². The molecular weight excluding hydrogens is 455 g/mol. The molecule has 2 heterocycles. The summed E-state index contributed by atoms with van der Waals surface area (Å²) >= 11 is 0. The summed E-state index contributed by atoms with van der Waals surface area (Å²) in [6.07, 6.45) is 9.68. The number of nitrogens with two attached hydrogens (primary N) is 1. The van der Waals surface area contributed by atoms with Crippen LogP contribution >= 0.6 is 0 Å². The average Bonchev–Trinajstić information content (AvgIpc) is 3.54. The highest BCUT2D eigenvalue weighted by Crippen LogP contribution is 2.36. The second-order valence-corrected chi connectivity index (χ2v) is 8.70. The number of aromatic nitrogens is 3. The van der Waals surface area contributed by atoms with Gasteiger partial charge in [0, 0.05) is 38.0 Å². The molecule has 188 valence electrons. The van der Waals surface area contributed by atoms with Crippen LogP contribution in [0, 0.1) is 5.82 Å². The molecule has 0 amide bonds. The molecule has 0 aliphatic heterocycles. The van der Waals surface area contributed by atoms with Crippen molar-refractivity contribution in [3.8, 4) is 22.8 Å². The highest BCUT2D eigenvalue weighted by molar-refractivity contribution is 5.91. The molecule has 0 radical (unpaired) electrons. The monoisotopic (exact) mass is 486 g/mol. The summed E-state index contributed by atoms with van der Waals surface area (Å²) in [5, 5.41) is 0. The average molecular weight is 487 g/mol. The maximum Gasteiger partial charge on any atom is 0.263 e. The normalized spacial score (nSPS) is 18.2. The minimum atomic E-state index is -0.497. The Morgan fingerprint density at radius 1 is 1.23 bits per heavy atom. The molecule has 9 nitrogen and oxygen atoms in total. The lowest BCUT2D eigenvalue weighted by Crippen LogP contribution is -2.38. The molecule has 0 spiro atoms. The minimum Gasteiger partial charge on any atom is -0.494 e. The van der Waals surface area contributed by atoms with Crippen molar-refractivity contribution >= 4 is 5.78 Å². The molecule has 10 heteroatoms. The second-order valence-electron chi connectivity index (χ2n) is 8.70. The molecule has 3 aromatic rings. The molecule has 0 bridgehead atoms. The number of oxazole rings is 1. The number of unbranched alkanes of at least 4 members (excludes halogenated alkanes) is 2. The lowest BCUT2D eigenvalue weighted by molar-refractivity contribution is -0.0381. The van der Waals surface area contributed by atoms with Crippen LogP contribution in [0.2, 0.25) is 0 Å². The Kier molecular flexibility index (Phi) is 8.14. The van der Waals surface area contributed by atoms with Crippen LogP contribution in [0.5, 0.6) is 11.5 Å². The summed E-state index contributed by atoms with van der Waals surface area (Å²) < 4.78 is 36.6. The lowest BCUT2D eigenvalue weighted by Gasteiger charge is -2.34. The van der Waals surface area contributed by atoms with E-state index in [2.05, 4.69) is 15.0 Å². The van der Waals surface area contributed by atoms with E-state index in [4.69, 9.17) is 24.4 Å². The van der Waals surface area contributed by atoms with Crippen LogP contribution in [0.3, 0.4) is 0 Å². The third-order valence-corrected chi connectivity index (χ3v) is 6.25. The van der Waals surface area contributed by atoms with Crippen molar-refractivity contribution in [2.24, 2.45) is 5.73 Å². The molecule has 0 unspecified atom stereocenters. The highest BCUT2D eigenvalue weighted by Gasteiger charge is 2.31. The number of ether oxygens (including phenoxy) is 3. The SMILES string of the molecule is COc1cc(OC2CC(OC)C2)cc(-c2cnc([C@@H](N)CCCCCC(=O)c3ncco3)[nH]2)c1F. The molecule has 2 aromatic heterocycles. The van der Waals surface area contributed by atoms with Gasteiger partial charge in [0.2, 0.25) is 5.78 Å². The van der Waals surface area contributed by atoms with E-state index in [9.17, 15) is 4.79 Å². The Morgan fingerprint density at radius 2 is 2.06 bits per heavy atom. The second kappa shape index (κ2) is 11.5. The minimum absolute atomic E-state index is 0.0272. The number of carbonyl (C=O) groups excluding carboxylic acids is 1. The molecule has 1 aliphatic carbocycles. The summed E-state index contributed by atoms with van der Waals surface area (Å²) in [7, 11) is 3.10. The zero-order chi connectivity index (χ0) is 24.8. The molecule has 1 aliphatic rings. The Morgan fingerprint density at radius 3 is 2.77 bits per heavy atom. The molecule has 1 atom stereocenters. The standard InChI is InChI=1S/C25H31FN4O5/c1-32-15-10-16(11-15)35-17-12-18(23(26)22(13-17)33-2)20-14-29-24(30-20)19(27)6-4-3-5-7-21(31)25-28-8-9-34-25/h8-9,12-16,19H,3-7,10-11,27H2,1-2H3,(H,29,30)/t15?,16?,19-/m0/s1. The first-order chi connectivity index (χ1) is 17.0. The van der Waals surface area contributed by atoms with Crippen LogP contribution in [0.15, 0.2) is 35.2 Å². The maximum atomic E-state index is 15.0. The van der Waals surface area contributed by atoms with E-state index in [-0.39, 0.29) is 35.7 Å². The summed E-state index contributed by atoms with van der Waals surface area (Å²) in [6.45, 7) is 0. The number of carbonyl (C=O) groups is 1. The fraction of sp³-hybridized carbons (Fsp3) is 0.480. The number of H-pyrrole nitrogens is 1. The zero-order valence-corrected chi connectivity index (χ0v) is 20.0. The van der Waals surface area contributed by atoms with Gasteiger partial charge in [-0.1, -0.05) is 12.8 Å². The molecule has 0 saturated heterocycles. The fourth-order valence-corrected chi connectivity index (χ4v) is 4.08. The summed E-state index contributed by atoms with van der Waals surface area (Å²) in [4.78, 5) is 23.3. The van der Waals surface area contributed by atoms with Gasteiger partial charge >= 0.3 is 0 Å². The molecule has 1 fully saturated rings. The molecule has 1 saturated carbocycles. The third kappa shape index (κ3) is 6.07. The largest absolute Gasteiger partial charge is 0.494 e. The van der Waals surface area contributed by atoms with Gasteiger partial charge < -0.3 is 29.3 Å². The quantitative estimate of drug-likeness (QED) is 0.265.